The molecule has 0 unspecified atom stereocenters. The number of aromatic nitrogens is 4. The van der Waals surface area contributed by atoms with E-state index >= 15 is 0 Å². The summed E-state index contributed by atoms with van der Waals surface area (Å²) in [6.45, 7) is 2.00. The summed E-state index contributed by atoms with van der Waals surface area (Å²) in [6.07, 6.45) is 5.83. The first-order chi connectivity index (χ1) is 13.1. The Morgan fingerprint density at radius 2 is 2.15 bits per heavy atom. The van der Waals surface area contributed by atoms with E-state index in [1.165, 1.54) is 7.11 Å². The van der Waals surface area contributed by atoms with Gasteiger partial charge in [-0.15, -0.1) is 0 Å². The fourth-order valence-corrected chi connectivity index (χ4v) is 3.49. The SMILES string of the molecule is COc1ncc(CN2CCc3nc(-c4ccncc4)[nH]c(=O)c3C2)cc1Cl. The highest BCUT2D eigenvalue weighted by Crippen LogP contribution is 2.24. The van der Waals surface area contributed by atoms with Crippen LogP contribution in [-0.2, 0) is 19.5 Å². The molecular weight excluding hydrogens is 366 g/mol. The van der Waals surface area contributed by atoms with E-state index < -0.39 is 0 Å². The van der Waals surface area contributed by atoms with Crippen LogP contribution in [0.2, 0.25) is 5.02 Å². The van der Waals surface area contributed by atoms with Crippen molar-refractivity contribution in [1.29, 1.82) is 0 Å². The minimum atomic E-state index is -0.0950. The molecule has 0 atom stereocenters. The summed E-state index contributed by atoms with van der Waals surface area (Å²) in [7, 11) is 1.54. The van der Waals surface area contributed by atoms with Crippen LogP contribution in [0.15, 0.2) is 41.6 Å². The Hall–Kier alpha value is -2.77. The van der Waals surface area contributed by atoms with Gasteiger partial charge in [-0.3, -0.25) is 14.7 Å². The van der Waals surface area contributed by atoms with Gasteiger partial charge in [0, 0.05) is 50.2 Å². The first-order valence-corrected chi connectivity index (χ1v) is 8.95. The first-order valence-electron chi connectivity index (χ1n) is 8.57. The van der Waals surface area contributed by atoms with Gasteiger partial charge >= 0.3 is 0 Å². The number of nitrogens with zero attached hydrogens (tertiary/aromatic N) is 4. The largest absolute Gasteiger partial charge is 0.480 e. The molecule has 0 radical (unpaired) electrons. The Bertz CT molecular complexity index is 1020. The van der Waals surface area contributed by atoms with Crippen molar-refractivity contribution in [2.45, 2.75) is 19.5 Å². The normalized spacial score (nSPS) is 14.0. The lowest BCUT2D eigenvalue weighted by Crippen LogP contribution is -2.35. The molecule has 0 fully saturated rings. The zero-order valence-electron chi connectivity index (χ0n) is 14.8. The number of nitrogens with one attached hydrogen (secondary N) is 1. The van der Waals surface area contributed by atoms with E-state index in [2.05, 4.69) is 24.8 Å². The molecule has 0 aromatic carbocycles. The van der Waals surface area contributed by atoms with Gasteiger partial charge in [0.15, 0.2) is 0 Å². The van der Waals surface area contributed by atoms with Crippen molar-refractivity contribution >= 4 is 11.6 Å². The van der Waals surface area contributed by atoms with Crippen molar-refractivity contribution < 1.29 is 4.74 Å². The second kappa shape index (κ2) is 7.46. The van der Waals surface area contributed by atoms with Crippen molar-refractivity contribution in [3.63, 3.8) is 0 Å². The lowest BCUT2D eigenvalue weighted by atomic mass is 10.1. The van der Waals surface area contributed by atoms with Crippen molar-refractivity contribution in [3.05, 3.63) is 69.0 Å². The third-order valence-corrected chi connectivity index (χ3v) is 4.84. The number of fused-ring (bicyclic) bond motifs is 1. The average Bonchev–Trinajstić information content (AvgIpc) is 2.69. The molecule has 0 aliphatic carbocycles. The molecule has 0 spiro atoms. The zero-order chi connectivity index (χ0) is 18.8. The molecule has 1 N–H and O–H groups in total. The standard InChI is InChI=1S/C19H18ClN5O2/c1-27-19-15(20)8-12(9-22-19)10-25-7-4-16-14(11-25)18(26)24-17(23-16)13-2-5-21-6-3-13/h2-3,5-6,8-9H,4,7,10-11H2,1H3,(H,23,24,26). The quantitative estimate of drug-likeness (QED) is 0.745. The highest BCUT2D eigenvalue weighted by molar-refractivity contribution is 6.31. The van der Waals surface area contributed by atoms with Crippen molar-refractivity contribution in [3.8, 4) is 17.3 Å². The first kappa shape index (κ1) is 17.6. The molecule has 138 valence electrons. The summed E-state index contributed by atoms with van der Waals surface area (Å²) in [5.41, 5.74) is 3.30. The van der Waals surface area contributed by atoms with Gasteiger partial charge in [0.05, 0.1) is 18.4 Å². The maximum atomic E-state index is 12.6. The predicted octanol–water partition coefficient (Wildman–Crippen LogP) is 2.45. The molecule has 1 aliphatic heterocycles. The predicted molar refractivity (Wildman–Crippen MR) is 102 cm³/mol. The maximum Gasteiger partial charge on any atom is 0.255 e. The second-order valence-electron chi connectivity index (χ2n) is 6.37. The number of hydrogen-bond donors (Lipinski definition) is 1. The molecule has 0 saturated carbocycles. The highest BCUT2D eigenvalue weighted by Gasteiger charge is 2.22. The molecule has 4 rings (SSSR count). The van der Waals surface area contributed by atoms with Crippen LogP contribution < -0.4 is 10.3 Å². The summed E-state index contributed by atoms with van der Waals surface area (Å²) < 4.78 is 5.09. The fourth-order valence-electron chi connectivity index (χ4n) is 3.22. The van der Waals surface area contributed by atoms with Gasteiger partial charge in [-0.1, -0.05) is 11.6 Å². The Morgan fingerprint density at radius 3 is 2.89 bits per heavy atom. The molecule has 27 heavy (non-hydrogen) atoms. The van der Waals surface area contributed by atoms with Gasteiger partial charge in [-0.2, -0.15) is 0 Å². The van der Waals surface area contributed by atoms with E-state index in [1.54, 1.807) is 18.6 Å². The monoisotopic (exact) mass is 383 g/mol. The Balaban J connectivity index is 1.55. The van der Waals surface area contributed by atoms with Crippen LogP contribution in [0.5, 0.6) is 5.88 Å². The Morgan fingerprint density at radius 1 is 1.33 bits per heavy atom. The van der Waals surface area contributed by atoms with Crippen molar-refractivity contribution in [1.82, 2.24) is 24.8 Å². The van der Waals surface area contributed by atoms with Crippen LogP contribution in [-0.4, -0.2) is 38.5 Å². The van der Waals surface area contributed by atoms with E-state index in [0.717, 1.165) is 23.4 Å². The number of pyridine rings is 2. The minimum Gasteiger partial charge on any atom is -0.480 e. The number of hydrogen-bond acceptors (Lipinski definition) is 6. The Labute approximate surface area is 161 Å². The van der Waals surface area contributed by atoms with Gasteiger partial charge < -0.3 is 9.72 Å². The smallest absolute Gasteiger partial charge is 0.255 e. The molecule has 0 saturated heterocycles. The molecule has 8 heteroatoms. The van der Waals surface area contributed by atoms with Crippen LogP contribution in [0.1, 0.15) is 16.8 Å². The van der Waals surface area contributed by atoms with Crippen LogP contribution in [0.3, 0.4) is 0 Å². The second-order valence-corrected chi connectivity index (χ2v) is 6.78. The van der Waals surface area contributed by atoms with Gasteiger partial charge in [-0.25, -0.2) is 9.97 Å². The van der Waals surface area contributed by atoms with E-state index in [1.807, 2.05) is 18.2 Å². The molecule has 7 nitrogen and oxygen atoms in total. The van der Waals surface area contributed by atoms with Gasteiger partial charge in [-0.05, 0) is 23.8 Å². The van der Waals surface area contributed by atoms with Crippen molar-refractivity contribution in [2.24, 2.45) is 0 Å². The highest BCUT2D eigenvalue weighted by atomic mass is 35.5. The van der Waals surface area contributed by atoms with Crippen LogP contribution in [0, 0.1) is 0 Å². The van der Waals surface area contributed by atoms with E-state index in [-0.39, 0.29) is 5.56 Å². The third kappa shape index (κ3) is 3.70. The van der Waals surface area contributed by atoms with Gasteiger partial charge in [0.25, 0.3) is 5.56 Å². The summed E-state index contributed by atoms with van der Waals surface area (Å²) in [6, 6.07) is 5.51. The van der Waals surface area contributed by atoms with Crippen LogP contribution in [0.25, 0.3) is 11.4 Å². The minimum absolute atomic E-state index is 0.0950. The molecule has 1 aliphatic rings. The van der Waals surface area contributed by atoms with Gasteiger partial charge in [0.2, 0.25) is 5.88 Å². The average molecular weight is 384 g/mol. The molecule has 0 amide bonds. The van der Waals surface area contributed by atoms with E-state index in [4.69, 9.17) is 16.3 Å². The lowest BCUT2D eigenvalue weighted by molar-refractivity contribution is 0.241. The summed E-state index contributed by atoms with van der Waals surface area (Å²) in [5, 5.41) is 0.480. The van der Waals surface area contributed by atoms with Crippen molar-refractivity contribution in [2.75, 3.05) is 13.7 Å². The maximum absolute atomic E-state index is 12.6. The fraction of sp³-hybridized carbons (Fsp3) is 0.263. The molecule has 3 aromatic rings. The van der Waals surface area contributed by atoms with Gasteiger partial charge in [0.1, 0.15) is 10.8 Å². The van der Waals surface area contributed by atoms with E-state index in [9.17, 15) is 4.79 Å². The molecule has 0 bridgehead atoms. The third-order valence-electron chi connectivity index (χ3n) is 4.57. The molecule has 4 heterocycles. The summed E-state index contributed by atoms with van der Waals surface area (Å²) >= 11 is 6.15. The zero-order valence-corrected chi connectivity index (χ0v) is 15.5. The number of aromatic amines is 1. The lowest BCUT2D eigenvalue weighted by Gasteiger charge is -2.27. The number of H-pyrrole nitrogens is 1. The van der Waals surface area contributed by atoms with E-state index in [0.29, 0.717) is 41.8 Å². The van der Waals surface area contributed by atoms with Crippen LogP contribution in [0.4, 0.5) is 0 Å². The summed E-state index contributed by atoms with van der Waals surface area (Å²) in [4.78, 5) is 30.5. The van der Waals surface area contributed by atoms with Crippen LogP contribution >= 0.6 is 11.6 Å². The Kier molecular flexibility index (Phi) is 4.87. The number of ether oxygens (including phenoxy) is 1. The number of rotatable bonds is 4. The molecule has 3 aromatic heterocycles. The number of methoxy groups -OCH3 is 1. The topological polar surface area (TPSA) is 84.0 Å². The number of halogens is 1. The molecular formula is C19H18ClN5O2. The summed E-state index contributed by atoms with van der Waals surface area (Å²) in [5.74, 6) is 0.995.